The molecule has 2 N–H and O–H groups in total. The number of hydrogen-bond acceptors (Lipinski definition) is 4. The van der Waals surface area contributed by atoms with Gasteiger partial charge in [0, 0.05) is 32.2 Å². The fraction of sp³-hybridized carbons (Fsp3) is 0.438. The van der Waals surface area contributed by atoms with Crippen LogP contribution in [0.25, 0.3) is 0 Å². The zero-order valence-corrected chi connectivity index (χ0v) is 14.9. The number of nitrogens with one attached hydrogen (secondary N) is 2. The van der Waals surface area contributed by atoms with Crippen molar-refractivity contribution < 1.29 is 19.1 Å². The number of esters is 1. The fourth-order valence-corrected chi connectivity index (χ4v) is 2.08. The molecule has 0 saturated carbocycles. The van der Waals surface area contributed by atoms with Crippen LogP contribution in [0.3, 0.4) is 0 Å². The minimum Gasteiger partial charge on any atom is -0.462 e. The van der Waals surface area contributed by atoms with E-state index in [-0.39, 0.29) is 35.6 Å². The summed E-state index contributed by atoms with van der Waals surface area (Å²) >= 11 is 5.98. The lowest BCUT2D eigenvalue weighted by atomic mass is 10.2. The van der Waals surface area contributed by atoms with E-state index in [4.69, 9.17) is 16.3 Å². The lowest BCUT2D eigenvalue weighted by Crippen LogP contribution is -2.40. The molecule has 0 unspecified atom stereocenters. The number of hydrogen-bond donors (Lipinski definition) is 2. The SMILES string of the molecule is CCOC(=O)c1cc(NC(=O)N(C)[C@H](C)CC(=O)NC)ccc1Cl. The van der Waals surface area contributed by atoms with Crippen LogP contribution in [0.4, 0.5) is 10.5 Å². The van der Waals surface area contributed by atoms with E-state index in [0.29, 0.717) is 5.69 Å². The van der Waals surface area contributed by atoms with Crippen molar-refractivity contribution >= 4 is 35.2 Å². The van der Waals surface area contributed by atoms with E-state index in [0.717, 1.165) is 0 Å². The Kier molecular flexibility index (Phi) is 7.51. The molecule has 24 heavy (non-hydrogen) atoms. The number of anilines is 1. The van der Waals surface area contributed by atoms with Gasteiger partial charge in [-0.15, -0.1) is 0 Å². The van der Waals surface area contributed by atoms with E-state index in [2.05, 4.69) is 10.6 Å². The van der Waals surface area contributed by atoms with Crippen LogP contribution in [-0.2, 0) is 9.53 Å². The van der Waals surface area contributed by atoms with Crippen LogP contribution in [0.5, 0.6) is 0 Å². The van der Waals surface area contributed by atoms with Crippen molar-refractivity contribution in [1.29, 1.82) is 0 Å². The van der Waals surface area contributed by atoms with E-state index in [9.17, 15) is 14.4 Å². The van der Waals surface area contributed by atoms with E-state index in [1.165, 1.54) is 17.0 Å². The minimum atomic E-state index is -0.556. The summed E-state index contributed by atoms with van der Waals surface area (Å²) in [4.78, 5) is 36.9. The number of amides is 3. The Morgan fingerprint density at radius 3 is 2.58 bits per heavy atom. The standard InChI is InChI=1S/C16H22ClN3O4/c1-5-24-15(22)12-9-11(6-7-13(12)17)19-16(23)20(4)10(2)8-14(21)18-3/h6-7,9-10H,5,8H2,1-4H3,(H,18,21)(H,19,23)/t10-/m1/s1. The molecule has 1 aromatic carbocycles. The van der Waals surface area contributed by atoms with E-state index >= 15 is 0 Å². The molecule has 0 aromatic heterocycles. The third-order valence-corrected chi connectivity index (χ3v) is 3.78. The van der Waals surface area contributed by atoms with Gasteiger partial charge in [0.05, 0.1) is 17.2 Å². The highest BCUT2D eigenvalue weighted by atomic mass is 35.5. The molecule has 0 aliphatic heterocycles. The molecule has 3 amide bonds. The third kappa shape index (κ3) is 5.42. The second kappa shape index (κ2) is 9.12. The molecule has 0 aliphatic rings. The van der Waals surface area contributed by atoms with Crippen molar-refractivity contribution in [2.75, 3.05) is 26.0 Å². The van der Waals surface area contributed by atoms with Crippen molar-refractivity contribution in [2.24, 2.45) is 0 Å². The largest absolute Gasteiger partial charge is 0.462 e. The number of halogens is 1. The van der Waals surface area contributed by atoms with E-state index in [1.807, 2.05) is 0 Å². The van der Waals surface area contributed by atoms with Crippen LogP contribution in [0, 0.1) is 0 Å². The number of benzene rings is 1. The van der Waals surface area contributed by atoms with Gasteiger partial charge in [-0.3, -0.25) is 4.79 Å². The highest BCUT2D eigenvalue weighted by molar-refractivity contribution is 6.33. The Balaban J connectivity index is 2.81. The van der Waals surface area contributed by atoms with Crippen LogP contribution >= 0.6 is 11.6 Å². The predicted octanol–water partition coefficient (Wildman–Crippen LogP) is 2.51. The van der Waals surface area contributed by atoms with Crippen LogP contribution in [0.15, 0.2) is 18.2 Å². The lowest BCUT2D eigenvalue weighted by molar-refractivity contribution is -0.121. The summed E-state index contributed by atoms with van der Waals surface area (Å²) < 4.78 is 4.92. The van der Waals surface area contributed by atoms with Crippen LogP contribution in [0.1, 0.15) is 30.6 Å². The van der Waals surface area contributed by atoms with Crippen molar-refractivity contribution in [2.45, 2.75) is 26.3 Å². The summed E-state index contributed by atoms with van der Waals surface area (Å²) in [6.07, 6.45) is 0.190. The summed E-state index contributed by atoms with van der Waals surface area (Å²) in [6, 6.07) is 3.86. The first-order chi connectivity index (χ1) is 11.3. The van der Waals surface area contributed by atoms with E-state index in [1.54, 1.807) is 34.0 Å². The molecule has 0 bridgehead atoms. The number of urea groups is 1. The molecule has 1 aromatic rings. The zero-order valence-electron chi connectivity index (χ0n) is 14.2. The monoisotopic (exact) mass is 355 g/mol. The van der Waals surface area contributed by atoms with Gasteiger partial charge in [-0.05, 0) is 32.0 Å². The first kappa shape index (κ1) is 19.8. The molecule has 0 spiro atoms. The topological polar surface area (TPSA) is 87.7 Å². The van der Waals surface area contributed by atoms with Gasteiger partial charge in [0.1, 0.15) is 0 Å². The van der Waals surface area contributed by atoms with Gasteiger partial charge < -0.3 is 20.3 Å². The number of nitrogens with zero attached hydrogens (tertiary/aromatic N) is 1. The Hall–Kier alpha value is -2.28. The van der Waals surface area contributed by atoms with Gasteiger partial charge in [0.2, 0.25) is 5.91 Å². The second-order valence-corrected chi connectivity index (χ2v) is 5.59. The van der Waals surface area contributed by atoms with E-state index < -0.39 is 12.0 Å². The number of carbonyl (C=O) groups excluding carboxylic acids is 3. The molecule has 132 valence electrons. The van der Waals surface area contributed by atoms with Gasteiger partial charge in [0.15, 0.2) is 0 Å². The molecule has 0 heterocycles. The zero-order chi connectivity index (χ0) is 18.3. The molecule has 0 radical (unpaired) electrons. The molecule has 0 saturated heterocycles. The predicted molar refractivity (Wildman–Crippen MR) is 92.3 cm³/mol. The summed E-state index contributed by atoms with van der Waals surface area (Å²) in [5.74, 6) is -0.710. The molecular formula is C16H22ClN3O4. The molecule has 0 fully saturated rings. The Labute approximate surface area is 146 Å². The normalized spacial score (nSPS) is 11.4. The number of carbonyl (C=O) groups is 3. The highest BCUT2D eigenvalue weighted by Crippen LogP contribution is 2.22. The summed E-state index contributed by atoms with van der Waals surface area (Å²) in [5.41, 5.74) is 0.587. The van der Waals surface area contributed by atoms with Gasteiger partial charge in [-0.25, -0.2) is 9.59 Å². The van der Waals surface area contributed by atoms with Gasteiger partial charge in [0.25, 0.3) is 0 Å². The maximum absolute atomic E-state index is 12.2. The van der Waals surface area contributed by atoms with Crippen LogP contribution < -0.4 is 10.6 Å². The molecule has 7 nitrogen and oxygen atoms in total. The molecule has 8 heteroatoms. The third-order valence-electron chi connectivity index (χ3n) is 3.45. The van der Waals surface area contributed by atoms with Crippen LogP contribution in [0.2, 0.25) is 5.02 Å². The summed E-state index contributed by atoms with van der Waals surface area (Å²) in [6.45, 7) is 3.69. The molecular weight excluding hydrogens is 334 g/mol. The number of rotatable bonds is 6. The average Bonchev–Trinajstić information content (AvgIpc) is 2.55. The Morgan fingerprint density at radius 2 is 2.00 bits per heavy atom. The molecule has 1 atom stereocenters. The summed E-state index contributed by atoms with van der Waals surface area (Å²) in [5, 5.41) is 5.42. The fourth-order valence-electron chi connectivity index (χ4n) is 1.89. The molecule has 1 rings (SSSR count). The van der Waals surface area contributed by atoms with Gasteiger partial charge in [-0.2, -0.15) is 0 Å². The highest BCUT2D eigenvalue weighted by Gasteiger charge is 2.19. The first-order valence-corrected chi connectivity index (χ1v) is 7.89. The van der Waals surface area contributed by atoms with Crippen molar-refractivity contribution in [1.82, 2.24) is 10.2 Å². The Bertz CT molecular complexity index is 621. The Morgan fingerprint density at radius 1 is 1.33 bits per heavy atom. The van der Waals surface area contributed by atoms with Crippen molar-refractivity contribution in [3.63, 3.8) is 0 Å². The van der Waals surface area contributed by atoms with Crippen LogP contribution in [-0.4, -0.2) is 49.6 Å². The van der Waals surface area contributed by atoms with Crippen molar-refractivity contribution in [3.8, 4) is 0 Å². The van der Waals surface area contributed by atoms with Gasteiger partial charge >= 0.3 is 12.0 Å². The smallest absolute Gasteiger partial charge is 0.339 e. The van der Waals surface area contributed by atoms with Crippen molar-refractivity contribution in [3.05, 3.63) is 28.8 Å². The second-order valence-electron chi connectivity index (χ2n) is 5.18. The minimum absolute atomic E-state index is 0.154. The first-order valence-electron chi connectivity index (χ1n) is 7.51. The quantitative estimate of drug-likeness (QED) is 0.767. The maximum atomic E-state index is 12.2. The maximum Gasteiger partial charge on any atom is 0.339 e. The lowest BCUT2D eigenvalue weighted by Gasteiger charge is -2.24. The van der Waals surface area contributed by atoms with Gasteiger partial charge in [-0.1, -0.05) is 11.6 Å². The molecule has 0 aliphatic carbocycles. The average molecular weight is 356 g/mol. The number of ether oxygens (including phenoxy) is 1. The summed E-state index contributed by atoms with van der Waals surface area (Å²) in [7, 11) is 3.13.